The number of piperidine rings is 1. The normalized spacial score (nSPS) is 16.1. The van der Waals surface area contributed by atoms with Gasteiger partial charge in [0.05, 0.1) is 0 Å². The number of amides is 1. The molecule has 1 saturated heterocycles. The van der Waals surface area contributed by atoms with Crippen LogP contribution in [0.2, 0.25) is 0 Å². The third kappa shape index (κ3) is 5.29. The van der Waals surface area contributed by atoms with E-state index in [9.17, 15) is 4.79 Å². The van der Waals surface area contributed by atoms with Gasteiger partial charge in [0.25, 0.3) is 0 Å². The molecule has 1 aliphatic rings. The summed E-state index contributed by atoms with van der Waals surface area (Å²) in [4.78, 5) is 18.4. The summed E-state index contributed by atoms with van der Waals surface area (Å²) in [6, 6.07) is 3.95. The number of rotatable bonds is 6. The van der Waals surface area contributed by atoms with Crippen molar-refractivity contribution in [2.24, 2.45) is 0 Å². The van der Waals surface area contributed by atoms with Crippen molar-refractivity contribution in [3.63, 3.8) is 0 Å². The highest BCUT2D eigenvalue weighted by molar-refractivity contribution is 5.75. The molecule has 110 valence electrons. The van der Waals surface area contributed by atoms with Crippen LogP contribution < -0.4 is 5.32 Å². The third-order valence-electron chi connectivity index (χ3n) is 3.78. The summed E-state index contributed by atoms with van der Waals surface area (Å²) >= 11 is 0. The zero-order valence-corrected chi connectivity index (χ0v) is 12.4. The van der Waals surface area contributed by atoms with Crippen LogP contribution in [0.3, 0.4) is 0 Å². The molecular weight excluding hydrogens is 250 g/mol. The van der Waals surface area contributed by atoms with E-state index in [1.54, 1.807) is 6.20 Å². The van der Waals surface area contributed by atoms with E-state index in [1.165, 1.54) is 32.4 Å². The average Bonchev–Trinajstić information content (AvgIpc) is 2.46. The Morgan fingerprint density at radius 3 is 2.90 bits per heavy atom. The number of aromatic nitrogens is 1. The second-order valence-electron chi connectivity index (χ2n) is 5.59. The summed E-state index contributed by atoms with van der Waals surface area (Å²) in [5.41, 5.74) is 2.10. The summed E-state index contributed by atoms with van der Waals surface area (Å²) in [7, 11) is 0. The smallest absolute Gasteiger partial charge is 0.220 e. The summed E-state index contributed by atoms with van der Waals surface area (Å²) < 4.78 is 0. The number of nitrogens with zero attached hydrogens (tertiary/aromatic N) is 2. The van der Waals surface area contributed by atoms with Crippen molar-refractivity contribution in [2.75, 3.05) is 19.6 Å². The lowest BCUT2D eigenvalue weighted by Crippen LogP contribution is -2.31. The molecule has 2 rings (SSSR count). The highest BCUT2D eigenvalue weighted by Crippen LogP contribution is 2.09. The lowest BCUT2D eigenvalue weighted by atomic mass is 10.1. The van der Waals surface area contributed by atoms with Crippen LogP contribution in [0.4, 0.5) is 0 Å². The SMILES string of the molecule is Cc1cc(CNC(=O)CCCN2CCCCC2)ccn1. The first-order chi connectivity index (χ1) is 9.74. The molecule has 1 aliphatic heterocycles. The minimum absolute atomic E-state index is 0.150. The number of hydrogen-bond donors (Lipinski definition) is 1. The first-order valence-electron chi connectivity index (χ1n) is 7.64. The topological polar surface area (TPSA) is 45.2 Å². The van der Waals surface area contributed by atoms with Crippen LogP contribution in [0.1, 0.15) is 43.4 Å². The van der Waals surface area contributed by atoms with Gasteiger partial charge in [-0.2, -0.15) is 0 Å². The Hall–Kier alpha value is -1.42. The molecule has 2 heterocycles. The van der Waals surface area contributed by atoms with E-state index in [4.69, 9.17) is 0 Å². The predicted molar refractivity (Wildman–Crippen MR) is 80.3 cm³/mol. The highest BCUT2D eigenvalue weighted by atomic mass is 16.1. The van der Waals surface area contributed by atoms with Crippen LogP contribution in [-0.4, -0.2) is 35.4 Å². The van der Waals surface area contributed by atoms with Gasteiger partial charge in [-0.25, -0.2) is 0 Å². The van der Waals surface area contributed by atoms with Crippen molar-refractivity contribution in [3.05, 3.63) is 29.6 Å². The Balaban J connectivity index is 1.60. The van der Waals surface area contributed by atoms with E-state index < -0.39 is 0 Å². The Morgan fingerprint density at radius 2 is 2.15 bits per heavy atom. The van der Waals surface area contributed by atoms with Gasteiger partial charge < -0.3 is 10.2 Å². The fourth-order valence-electron chi connectivity index (χ4n) is 2.65. The molecule has 1 amide bonds. The van der Waals surface area contributed by atoms with Crippen LogP contribution in [0, 0.1) is 6.92 Å². The summed E-state index contributed by atoms with van der Waals surface area (Å²) in [5, 5.41) is 2.98. The third-order valence-corrected chi connectivity index (χ3v) is 3.78. The molecule has 1 aromatic rings. The molecule has 0 radical (unpaired) electrons. The van der Waals surface area contributed by atoms with E-state index in [1.807, 2.05) is 19.1 Å². The standard InChI is InChI=1S/C16H25N3O/c1-14-12-15(7-8-17-14)13-18-16(20)6-5-11-19-9-3-2-4-10-19/h7-8,12H,2-6,9-11,13H2,1H3,(H,18,20). The molecule has 1 aromatic heterocycles. The fourth-order valence-corrected chi connectivity index (χ4v) is 2.65. The molecule has 0 atom stereocenters. The maximum atomic E-state index is 11.8. The van der Waals surface area contributed by atoms with Gasteiger partial charge in [-0.15, -0.1) is 0 Å². The van der Waals surface area contributed by atoms with Crippen molar-refractivity contribution in [1.29, 1.82) is 0 Å². The number of pyridine rings is 1. The molecule has 0 aliphatic carbocycles. The van der Waals surface area contributed by atoms with Crippen LogP contribution in [0.25, 0.3) is 0 Å². The quantitative estimate of drug-likeness (QED) is 0.866. The van der Waals surface area contributed by atoms with Gasteiger partial charge in [0, 0.05) is 24.9 Å². The molecule has 0 saturated carbocycles. The minimum Gasteiger partial charge on any atom is -0.352 e. The molecule has 4 nitrogen and oxygen atoms in total. The maximum Gasteiger partial charge on any atom is 0.220 e. The number of likely N-dealkylation sites (tertiary alicyclic amines) is 1. The first-order valence-corrected chi connectivity index (χ1v) is 7.64. The Kier molecular flexibility index (Phi) is 5.99. The van der Waals surface area contributed by atoms with E-state index >= 15 is 0 Å². The second-order valence-corrected chi connectivity index (χ2v) is 5.59. The van der Waals surface area contributed by atoms with Crippen LogP contribution in [0.5, 0.6) is 0 Å². The Labute approximate surface area is 121 Å². The van der Waals surface area contributed by atoms with Crippen molar-refractivity contribution in [3.8, 4) is 0 Å². The Morgan fingerprint density at radius 1 is 1.35 bits per heavy atom. The number of aryl methyl sites for hydroxylation is 1. The average molecular weight is 275 g/mol. The number of nitrogens with one attached hydrogen (secondary N) is 1. The molecule has 20 heavy (non-hydrogen) atoms. The van der Waals surface area contributed by atoms with Gasteiger partial charge >= 0.3 is 0 Å². The summed E-state index contributed by atoms with van der Waals surface area (Å²) in [6.45, 7) is 6.04. The second kappa shape index (κ2) is 8.00. The van der Waals surface area contributed by atoms with Gasteiger partial charge in [-0.3, -0.25) is 9.78 Å². The lowest BCUT2D eigenvalue weighted by molar-refractivity contribution is -0.121. The van der Waals surface area contributed by atoms with Crippen molar-refractivity contribution >= 4 is 5.91 Å². The zero-order chi connectivity index (χ0) is 14.2. The molecule has 0 unspecified atom stereocenters. The molecule has 1 fully saturated rings. The number of carbonyl (C=O) groups excluding carboxylic acids is 1. The van der Waals surface area contributed by atoms with Crippen molar-refractivity contribution in [2.45, 2.75) is 45.6 Å². The summed E-state index contributed by atoms with van der Waals surface area (Å²) in [6.07, 6.45) is 7.36. The van der Waals surface area contributed by atoms with Crippen molar-refractivity contribution in [1.82, 2.24) is 15.2 Å². The van der Waals surface area contributed by atoms with Crippen LogP contribution in [0.15, 0.2) is 18.3 Å². The predicted octanol–water partition coefficient (Wildman–Crippen LogP) is 2.27. The maximum absolute atomic E-state index is 11.8. The number of carbonyl (C=O) groups is 1. The van der Waals surface area contributed by atoms with Gasteiger partial charge in [-0.1, -0.05) is 6.42 Å². The minimum atomic E-state index is 0.150. The fraction of sp³-hybridized carbons (Fsp3) is 0.625. The zero-order valence-electron chi connectivity index (χ0n) is 12.4. The van der Waals surface area contributed by atoms with Gasteiger partial charge in [0.15, 0.2) is 0 Å². The monoisotopic (exact) mass is 275 g/mol. The molecule has 0 spiro atoms. The largest absolute Gasteiger partial charge is 0.352 e. The van der Waals surface area contributed by atoms with E-state index in [-0.39, 0.29) is 5.91 Å². The van der Waals surface area contributed by atoms with E-state index in [0.717, 1.165) is 24.2 Å². The van der Waals surface area contributed by atoms with Crippen LogP contribution in [-0.2, 0) is 11.3 Å². The van der Waals surface area contributed by atoms with Gasteiger partial charge in [-0.05, 0) is 63.5 Å². The first kappa shape index (κ1) is 15.0. The van der Waals surface area contributed by atoms with Crippen LogP contribution >= 0.6 is 0 Å². The van der Waals surface area contributed by atoms with E-state index in [0.29, 0.717) is 13.0 Å². The van der Waals surface area contributed by atoms with E-state index in [2.05, 4.69) is 15.2 Å². The lowest BCUT2D eigenvalue weighted by Gasteiger charge is -2.26. The highest BCUT2D eigenvalue weighted by Gasteiger charge is 2.10. The number of hydrogen-bond acceptors (Lipinski definition) is 3. The molecule has 0 aromatic carbocycles. The summed E-state index contributed by atoms with van der Waals surface area (Å²) in [5.74, 6) is 0.150. The molecule has 0 bridgehead atoms. The molecular formula is C16H25N3O. The van der Waals surface area contributed by atoms with Gasteiger partial charge in [0.2, 0.25) is 5.91 Å². The molecule has 1 N–H and O–H groups in total. The van der Waals surface area contributed by atoms with Crippen molar-refractivity contribution < 1.29 is 4.79 Å². The molecule has 4 heteroatoms. The van der Waals surface area contributed by atoms with Gasteiger partial charge in [0.1, 0.15) is 0 Å². The Bertz CT molecular complexity index is 427.